The Balaban J connectivity index is 1.50. The molecule has 8 nitrogen and oxygen atoms in total. The van der Waals surface area contributed by atoms with E-state index in [1.54, 1.807) is 30.7 Å². The predicted octanol–water partition coefficient (Wildman–Crippen LogP) is 7.18. The first-order valence-corrected chi connectivity index (χ1v) is 14.9. The van der Waals surface area contributed by atoms with Crippen LogP contribution >= 0.6 is 23.2 Å². The van der Waals surface area contributed by atoms with Gasteiger partial charge < -0.3 is 9.47 Å². The van der Waals surface area contributed by atoms with Gasteiger partial charge >= 0.3 is 0 Å². The van der Waals surface area contributed by atoms with Gasteiger partial charge in [-0.05, 0) is 62.1 Å². The van der Waals surface area contributed by atoms with Gasteiger partial charge in [-0.15, -0.1) is 0 Å². The van der Waals surface area contributed by atoms with Crippen LogP contribution in [0.1, 0.15) is 55.3 Å². The van der Waals surface area contributed by atoms with Crippen molar-refractivity contribution in [3.8, 4) is 5.75 Å². The number of ether oxygens (including phenoxy) is 2. The fourth-order valence-electron chi connectivity index (χ4n) is 4.45. The van der Waals surface area contributed by atoms with E-state index in [1.165, 1.54) is 6.26 Å². The van der Waals surface area contributed by atoms with E-state index < -0.39 is 15.8 Å². The second-order valence-corrected chi connectivity index (χ2v) is 12.1. The number of rotatable bonds is 7. The number of fused-ring (bicyclic) bond motifs is 1. The van der Waals surface area contributed by atoms with Crippen molar-refractivity contribution in [1.29, 1.82) is 4.78 Å². The summed E-state index contributed by atoms with van der Waals surface area (Å²) >= 11 is 12.7. The molecule has 1 aromatic carbocycles. The molecule has 2 unspecified atom stereocenters. The van der Waals surface area contributed by atoms with Crippen molar-refractivity contribution in [3.05, 3.63) is 75.8 Å². The fraction of sp³-hybridized carbons (Fsp3) is 0.296. The number of pyridine rings is 2. The van der Waals surface area contributed by atoms with Gasteiger partial charge in [0.05, 0.1) is 31.0 Å². The molecule has 3 aromatic heterocycles. The molecule has 1 aliphatic rings. The summed E-state index contributed by atoms with van der Waals surface area (Å²) in [6.07, 6.45) is 12.3. The Morgan fingerprint density at radius 2 is 1.95 bits per heavy atom. The Morgan fingerprint density at radius 1 is 1.16 bits per heavy atom. The summed E-state index contributed by atoms with van der Waals surface area (Å²) in [5, 5.41) is 6.94. The van der Waals surface area contributed by atoms with Gasteiger partial charge in [0, 0.05) is 42.4 Å². The first-order chi connectivity index (χ1) is 18.2. The van der Waals surface area contributed by atoms with Crippen molar-refractivity contribution in [1.82, 2.24) is 19.7 Å². The molecule has 0 bridgehead atoms. The summed E-state index contributed by atoms with van der Waals surface area (Å²) in [6.45, 7) is 2.59. The zero-order chi connectivity index (χ0) is 26.9. The number of hydrogen-bond acceptors (Lipinski definition) is 7. The number of halogens is 2. The van der Waals surface area contributed by atoms with Crippen LogP contribution in [0.5, 0.6) is 5.75 Å². The molecule has 0 saturated carbocycles. The summed E-state index contributed by atoms with van der Waals surface area (Å²) < 4.78 is 33.9. The van der Waals surface area contributed by atoms with E-state index in [0.717, 1.165) is 41.4 Å². The highest BCUT2D eigenvalue weighted by Gasteiger charge is 2.22. The second kappa shape index (κ2) is 11.0. The topological polar surface area (TPSA) is 103 Å². The summed E-state index contributed by atoms with van der Waals surface area (Å²) in [7, 11) is -2.86. The van der Waals surface area contributed by atoms with E-state index in [-0.39, 0.29) is 11.3 Å². The van der Waals surface area contributed by atoms with Crippen LogP contribution in [0, 0.1) is 4.78 Å². The molecule has 1 aliphatic heterocycles. The van der Waals surface area contributed by atoms with Crippen molar-refractivity contribution in [3.63, 3.8) is 0 Å². The van der Waals surface area contributed by atoms with Crippen LogP contribution in [-0.2, 0) is 14.5 Å². The summed E-state index contributed by atoms with van der Waals surface area (Å²) in [6, 6.07) is 9.25. The maximum Gasteiger partial charge on any atom is 0.150 e. The van der Waals surface area contributed by atoms with Gasteiger partial charge in [0.25, 0.3) is 0 Å². The third-order valence-corrected chi connectivity index (χ3v) is 7.98. The zero-order valence-corrected chi connectivity index (χ0v) is 23.3. The van der Waals surface area contributed by atoms with Crippen molar-refractivity contribution >= 4 is 56.0 Å². The predicted molar refractivity (Wildman–Crippen MR) is 150 cm³/mol. The Kier molecular flexibility index (Phi) is 7.72. The number of aromatic nitrogens is 4. The van der Waals surface area contributed by atoms with Crippen LogP contribution < -0.4 is 4.74 Å². The minimum Gasteiger partial charge on any atom is -0.486 e. The molecule has 5 rings (SSSR count). The highest BCUT2D eigenvalue weighted by molar-refractivity contribution is 7.91. The maximum atomic E-state index is 11.9. The van der Waals surface area contributed by atoms with Gasteiger partial charge in [0.15, 0.2) is 6.23 Å². The average Bonchev–Trinajstić information content (AvgIpc) is 3.25. The smallest absolute Gasteiger partial charge is 0.150 e. The Labute approximate surface area is 231 Å². The first-order valence-electron chi connectivity index (χ1n) is 12.2. The Hall–Kier alpha value is -2.98. The molecule has 3 atom stereocenters. The number of nitrogens with zero attached hydrogens (tertiary/aromatic N) is 4. The molecular weight excluding hydrogens is 545 g/mol. The van der Waals surface area contributed by atoms with Crippen LogP contribution in [0.4, 0.5) is 0 Å². The largest absolute Gasteiger partial charge is 0.486 e. The second-order valence-electron chi connectivity index (χ2n) is 9.21. The van der Waals surface area contributed by atoms with Crippen molar-refractivity contribution in [2.75, 3.05) is 12.9 Å². The molecule has 4 aromatic rings. The highest BCUT2D eigenvalue weighted by atomic mass is 35.5. The van der Waals surface area contributed by atoms with Gasteiger partial charge in [-0.3, -0.25) is 4.98 Å². The number of hydrogen-bond donors (Lipinski definition) is 1. The lowest BCUT2D eigenvalue weighted by Gasteiger charge is -2.23. The fourth-order valence-corrected chi connectivity index (χ4v) is 5.70. The normalized spacial score (nSPS) is 18.5. The molecule has 1 fully saturated rings. The maximum absolute atomic E-state index is 11.9. The van der Waals surface area contributed by atoms with Crippen LogP contribution in [-0.4, -0.2) is 36.8 Å². The molecule has 11 heteroatoms. The average molecular weight is 573 g/mol. The minimum atomic E-state index is -2.86. The lowest BCUT2D eigenvalue weighted by Crippen LogP contribution is -2.19. The highest BCUT2D eigenvalue weighted by Crippen LogP contribution is 2.35. The lowest BCUT2D eigenvalue weighted by molar-refractivity contribution is -0.0367. The monoisotopic (exact) mass is 571 g/mol. The van der Waals surface area contributed by atoms with Gasteiger partial charge in [0.1, 0.15) is 16.9 Å². The van der Waals surface area contributed by atoms with Crippen molar-refractivity contribution in [2.24, 2.45) is 0 Å². The molecule has 38 heavy (non-hydrogen) atoms. The summed E-state index contributed by atoms with van der Waals surface area (Å²) in [4.78, 5) is 8.20. The molecule has 0 spiro atoms. The molecular formula is C27H27Cl2N5O3S. The summed E-state index contributed by atoms with van der Waals surface area (Å²) in [5.41, 5.74) is 3.16. The summed E-state index contributed by atoms with van der Waals surface area (Å²) in [5.74, 6) is 0.645. The van der Waals surface area contributed by atoms with E-state index in [0.29, 0.717) is 28.0 Å². The van der Waals surface area contributed by atoms with Crippen LogP contribution in [0.3, 0.4) is 0 Å². The number of benzene rings is 1. The van der Waals surface area contributed by atoms with Crippen molar-refractivity contribution < 1.29 is 13.7 Å². The van der Waals surface area contributed by atoms with Crippen molar-refractivity contribution in [2.45, 2.75) is 43.5 Å². The Morgan fingerprint density at radius 3 is 2.61 bits per heavy atom. The van der Waals surface area contributed by atoms with E-state index in [9.17, 15) is 4.21 Å². The lowest BCUT2D eigenvalue weighted by atomic mass is 10.1. The van der Waals surface area contributed by atoms with Gasteiger partial charge in [-0.1, -0.05) is 35.3 Å². The first kappa shape index (κ1) is 26.6. The van der Waals surface area contributed by atoms with Gasteiger partial charge in [0.2, 0.25) is 0 Å². The van der Waals surface area contributed by atoms with E-state index in [4.69, 9.17) is 42.6 Å². The van der Waals surface area contributed by atoms with E-state index in [2.05, 4.69) is 9.97 Å². The van der Waals surface area contributed by atoms with E-state index >= 15 is 0 Å². The van der Waals surface area contributed by atoms with Crippen LogP contribution in [0.2, 0.25) is 10.0 Å². The quantitative estimate of drug-likeness (QED) is 0.252. The molecule has 1 saturated heterocycles. The van der Waals surface area contributed by atoms with Crippen LogP contribution in [0.15, 0.2) is 53.9 Å². The zero-order valence-electron chi connectivity index (χ0n) is 20.9. The molecule has 0 radical (unpaired) electrons. The SMILES string of the molecule is C[C@@H](Oc1ccc2c(c1)c(/C=C/c1ccc(S(C)(=N)=O)nc1)nn2C1CCCCO1)c1c(Cl)cncc1Cl. The molecule has 0 aliphatic carbocycles. The molecule has 0 amide bonds. The molecule has 198 valence electrons. The third kappa shape index (κ3) is 5.71. The third-order valence-electron chi connectivity index (χ3n) is 6.34. The minimum absolute atomic E-state index is 0.135. The molecule has 1 N–H and O–H groups in total. The van der Waals surface area contributed by atoms with E-state index in [1.807, 2.05) is 42.0 Å². The number of nitrogens with one attached hydrogen (secondary N) is 1. The Bertz CT molecular complexity index is 1580. The standard InChI is InChI=1S/C27H27Cl2N5O3S/c1-17(27-21(28)15-31-16-22(27)29)37-19-8-10-24-20(13-19)23(33-34(24)26-5-3-4-12-36-26)9-6-18-7-11-25(32-14-18)38(2,30)35/h6-11,13-17,26,30H,3-5,12H2,1-2H3/b9-6+/t17-,26?,38?/m1/s1. The van der Waals surface area contributed by atoms with Gasteiger partial charge in [-0.25, -0.2) is 18.7 Å². The van der Waals surface area contributed by atoms with Crippen LogP contribution in [0.25, 0.3) is 23.1 Å². The molecule has 4 heterocycles. The van der Waals surface area contributed by atoms with Gasteiger partial charge in [-0.2, -0.15) is 5.10 Å².